The molecule has 0 radical (unpaired) electrons. The predicted octanol–water partition coefficient (Wildman–Crippen LogP) is 11.5. The Hall–Kier alpha value is -8.91. The zero-order valence-electron chi connectivity index (χ0n) is 36.9. The van der Waals surface area contributed by atoms with Crippen molar-refractivity contribution in [2.75, 3.05) is 0 Å². The molecule has 0 atom stereocenters. The van der Waals surface area contributed by atoms with E-state index in [9.17, 15) is 0 Å². The summed E-state index contributed by atoms with van der Waals surface area (Å²) in [5.74, 6) is 2.26. The van der Waals surface area contributed by atoms with Crippen LogP contribution in [0.25, 0.3) is 84.4 Å². The molecule has 0 amide bonds. The van der Waals surface area contributed by atoms with E-state index in [1.54, 1.807) is 0 Å². The minimum atomic E-state index is -2.87. The molecule has 12 aromatic rings. The standard InChI is InChI=1S/C61H42N6Si/c1-6-22-43(23-7-1)54-42-55(44-24-8-2-9-25-44)63-58(62-54)45-26-20-27-46(40-45)59-64-60(66-61(65-59)67-56-38-18-16-36-52(56)53-37-17-19-39-57(53)67)47-28-21-35-51(41-47)68(48-29-10-3-11-30-48,49-31-12-4-13-32-49)50-33-14-5-15-34-50/h1-42H. The molecule has 68 heavy (non-hydrogen) atoms. The smallest absolute Gasteiger partial charge is 0.238 e. The van der Waals surface area contributed by atoms with Crippen LogP contribution < -0.4 is 20.7 Å². The molecular formula is C61H42N6Si. The van der Waals surface area contributed by atoms with Gasteiger partial charge in [0.05, 0.1) is 22.4 Å². The first-order valence-corrected chi connectivity index (χ1v) is 24.8. The lowest BCUT2D eigenvalue weighted by atomic mass is 10.1. The number of hydrogen-bond acceptors (Lipinski definition) is 5. The summed E-state index contributed by atoms with van der Waals surface area (Å²) >= 11 is 0. The van der Waals surface area contributed by atoms with Gasteiger partial charge in [0.1, 0.15) is 0 Å². The molecule has 0 aliphatic rings. The van der Waals surface area contributed by atoms with Crippen molar-refractivity contribution in [1.29, 1.82) is 0 Å². The molecule has 7 heteroatoms. The van der Waals surface area contributed by atoms with Gasteiger partial charge in [-0.25, -0.2) is 15.0 Å². The average molecular weight is 887 g/mol. The van der Waals surface area contributed by atoms with Crippen molar-refractivity contribution in [1.82, 2.24) is 29.5 Å². The molecule has 9 aromatic carbocycles. The van der Waals surface area contributed by atoms with Crippen LogP contribution in [-0.4, -0.2) is 37.6 Å². The van der Waals surface area contributed by atoms with Crippen LogP contribution in [0, 0.1) is 0 Å². The Bertz CT molecular complexity index is 3520. The van der Waals surface area contributed by atoms with Gasteiger partial charge < -0.3 is 0 Å². The minimum Gasteiger partial charge on any atom is -0.278 e. The summed E-state index contributed by atoms with van der Waals surface area (Å²) in [6.07, 6.45) is 0. The van der Waals surface area contributed by atoms with E-state index in [0.717, 1.165) is 61.0 Å². The second kappa shape index (κ2) is 17.5. The van der Waals surface area contributed by atoms with Gasteiger partial charge in [0.2, 0.25) is 5.95 Å². The fraction of sp³-hybridized carbons (Fsp3) is 0. The van der Waals surface area contributed by atoms with Crippen molar-refractivity contribution >= 4 is 50.6 Å². The lowest BCUT2D eigenvalue weighted by molar-refractivity contribution is 0.953. The monoisotopic (exact) mass is 886 g/mol. The molecule has 0 aliphatic carbocycles. The van der Waals surface area contributed by atoms with Gasteiger partial charge in [-0.1, -0.05) is 231 Å². The summed E-state index contributed by atoms with van der Waals surface area (Å²) < 4.78 is 2.17. The van der Waals surface area contributed by atoms with Crippen molar-refractivity contribution in [2.45, 2.75) is 0 Å². The summed E-state index contributed by atoms with van der Waals surface area (Å²) in [4.78, 5) is 26.5. The van der Waals surface area contributed by atoms with Crippen molar-refractivity contribution in [2.24, 2.45) is 0 Å². The van der Waals surface area contributed by atoms with E-state index < -0.39 is 8.07 Å². The normalized spacial score (nSPS) is 11.5. The van der Waals surface area contributed by atoms with Crippen LogP contribution in [-0.2, 0) is 0 Å². The maximum absolute atomic E-state index is 5.42. The predicted molar refractivity (Wildman–Crippen MR) is 281 cm³/mol. The third kappa shape index (κ3) is 7.28. The summed E-state index contributed by atoms with van der Waals surface area (Å²) in [6.45, 7) is 0. The first-order chi connectivity index (χ1) is 33.7. The first-order valence-electron chi connectivity index (χ1n) is 22.8. The van der Waals surface area contributed by atoms with Gasteiger partial charge >= 0.3 is 0 Å². The van der Waals surface area contributed by atoms with E-state index in [0.29, 0.717) is 23.4 Å². The largest absolute Gasteiger partial charge is 0.278 e. The number of nitrogens with zero attached hydrogens (tertiary/aromatic N) is 6. The Kier molecular flexibility index (Phi) is 10.4. The van der Waals surface area contributed by atoms with Crippen LogP contribution in [0.15, 0.2) is 255 Å². The molecule has 6 nitrogen and oxygen atoms in total. The Morgan fingerprint density at radius 2 is 0.618 bits per heavy atom. The molecule has 320 valence electrons. The van der Waals surface area contributed by atoms with Gasteiger partial charge in [-0.05, 0) is 45.0 Å². The number of benzene rings is 9. The average Bonchev–Trinajstić information content (AvgIpc) is 3.77. The maximum atomic E-state index is 5.42. The fourth-order valence-electron chi connectivity index (χ4n) is 9.70. The second-order valence-corrected chi connectivity index (χ2v) is 20.7. The van der Waals surface area contributed by atoms with Crippen LogP contribution >= 0.6 is 0 Å². The third-order valence-electron chi connectivity index (χ3n) is 12.8. The number of aromatic nitrogens is 6. The van der Waals surface area contributed by atoms with Gasteiger partial charge in [-0.2, -0.15) is 9.97 Å². The van der Waals surface area contributed by atoms with Crippen LogP contribution in [0.1, 0.15) is 0 Å². The molecule has 0 spiro atoms. The summed E-state index contributed by atoms with van der Waals surface area (Å²) in [5.41, 5.74) is 8.33. The van der Waals surface area contributed by atoms with E-state index in [4.69, 9.17) is 24.9 Å². The molecular weight excluding hydrogens is 845 g/mol. The van der Waals surface area contributed by atoms with Crippen LogP contribution in [0.2, 0.25) is 0 Å². The Morgan fingerprint density at radius 1 is 0.265 bits per heavy atom. The molecule has 3 aromatic heterocycles. The van der Waals surface area contributed by atoms with E-state index in [1.807, 2.05) is 42.5 Å². The Balaban J connectivity index is 1.08. The quantitative estimate of drug-likeness (QED) is 0.101. The number of para-hydroxylation sites is 2. The highest BCUT2D eigenvalue weighted by Crippen LogP contribution is 2.34. The molecule has 0 unspecified atom stereocenters. The summed E-state index contributed by atoms with van der Waals surface area (Å²) in [6, 6.07) is 89.6. The van der Waals surface area contributed by atoms with Crippen molar-refractivity contribution in [3.8, 4) is 62.6 Å². The van der Waals surface area contributed by atoms with E-state index in [2.05, 4.69) is 217 Å². The molecule has 0 bridgehead atoms. The molecule has 12 rings (SSSR count). The summed E-state index contributed by atoms with van der Waals surface area (Å²) in [5, 5.41) is 7.37. The SMILES string of the molecule is c1ccc(-c2cc(-c3ccccc3)nc(-c3cccc(-c4nc(-c5cccc([Si](c6ccccc6)(c6ccccc6)c6ccccc6)c5)nc(-n5c6ccccc6c6ccccc65)n4)c3)n2)cc1. The van der Waals surface area contributed by atoms with Gasteiger partial charge in [-0.3, -0.25) is 4.57 Å². The topological polar surface area (TPSA) is 69.4 Å². The third-order valence-corrected chi connectivity index (χ3v) is 17.6. The van der Waals surface area contributed by atoms with Crippen LogP contribution in [0.5, 0.6) is 0 Å². The second-order valence-electron chi connectivity index (χ2n) is 16.9. The van der Waals surface area contributed by atoms with Gasteiger partial charge in [0.25, 0.3) is 0 Å². The lowest BCUT2D eigenvalue weighted by Crippen LogP contribution is -2.74. The number of hydrogen-bond donors (Lipinski definition) is 0. The van der Waals surface area contributed by atoms with E-state index >= 15 is 0 Å². The molecule has 0 fully saturated rings. The van der Waals surface area contributed by atoms with Crippen LogP contribution in [0.3, 0.4) is 0 Å². The summed E-state index contributed by atoms with van der Waals surface area (Å²) in [7, 11) is -2.87. The molecule has 0 saturated heterocycles. The Labute approximate surface area is 395 Å². The zero-order valence-corrected chi connectivity index (χ0v) is 37.9. The van der Waals surface area contributed by atoms with Gasteiger partial charge in [0, 0.05) is 38.6 Å². The van der Waals surface area contributed by atoms with E-state index in [1.165, 1.54) is 20.7 Å². The van der Waals surface area contributed by atoms with Crippen molar-refractivity contribution in [3.05, 3.63) is 255 Å². The fourth-order valence-corrected chi connectivity index (χ4v) is 14.5. The Morgan fingerprint density at radius 3 is 1.09 bits per heavy atom. The maximum Gasteiger partial charge on any atom is 0.238 e. The molecule has 0 saturated carbocycles. The van der Waals surface area contributed by atoms with Crippen molar-refractivity contribution in [3.63, 3.8) is 0 Å². The van der Waals surface area contributed by atoms with Crippen molar-refractivity contribution < 1.29 is 0 Å². The zero-order chi connectivity index (χ0) is 45.3. The highest BCUT2D eigenvalue weighted by Gasteiger charge is 2.41. The molecule has 0 N–H and O–H groups in total. The lowest BCUT2D eigenvalue weighted by Gasteiger charge is -2.34. The number of rotatable bonds is 10. The molecule has 3 heterocycles. The molecule has 0 aliphatic heterocycles. The van der Waals surface area contributed by atoms with Crippen LogP contribution in [0.4, 0.5) is 0 Å². The number of fused-ring (bicyclic) bond motifs is 3. The first kappa shape index (κ1) is 40.6. The minimum absolute atomic E-state index is 0.532. The highest BCUT2D eigenvalue weighted by molar-refractivity contribution is 7.19. The van der Waals surface area contributed by atoms with Gasteiger partial charge in [0.15, 0.2) is 25.5 Å². The van der Waals surface area contributed by atoms with Gasteiger partial charge in [-0.15, -0.1) is 0 Å². The van der Waals surface area contributed by atoms with E-state index in [-0.39, 0.29) is 0 Å². The highest BCUT2D eigenvalue weighted by atomic mass is 28.3.